The number of hydrogen-bond donors (Lipinski definition) is 0. The van der Waals surface area contributed by atoms with Crippen LogP contribution < -0.4 is 9.64 Å². The first-order valence-electron chi connectivity index (χ1n) is 7.77. The van der Waals surface area contributed by atoms with E-state index in [0.717, 1.165) is 43.3 Å². The molecule has 0 bridgehead atoms. The van der Waals surface area contributed by atoms with Gasteiger partial charge < -0.3 is 14.2 Å². The van der Waals surface area contributed by atoms with Gasteiger partial charge in [0.05, 0.1) is 7.11 Å². The molecule has 2 aromatic rings. The van der Waals surface area contributed by atoms with E-state index in [2.05, 4.69) is 22.2 Å². The van der Waals surface area contributed by atoms with Crippen molar-refractivity contribution in [1.82, 2.24) is 5.16 Å². The fourth-order valence-corrected chi connectivity index (χ4v) is 3.46. The van der Waals surface area contributed by atoms with Gasteiger partial charge in [-0.15, -0.1) is 0 Å². The number of aryl methyl sites for hydroxylation is 1. The average Bonchev–Trinajstić information content (AvgIpc) is 2.99. The molecule has 0 amide bonds. The van der Waals surface area contributed by atoms with Gasteiger partial charge in [-0.3, -0.25) is 0 Å². The predicted molar refractivity (Wildman–Crippen MR) is 82.0 cm³/mol. The molecule has 0 unspecified atom stereocenters. The molecule has 1 aromatic heterocycles. The van der Waals surface area contributed by atoms with E-state index in [1.165, 1.54) is 36.0 Å². The van der Waals surface area contributed by atoms with E-state index in [9.17, 15) is 0 Å². The van der Waals surface area contributed by atoms with Crippen LogP contribution in [0.1, 0.15) is 30.4 Å². The highest BCUT2D eigenvalue weighted by Crippen LogP contribution is 2.40. The van der Waals surface area contributed by atoms with Crippen molar-refractivity contribution in [2.75, 3.05) is 25.1 Å². The summed E-state index contributed by atoms with van der Waals surface area (Å²) < 4.78 is 11.1. The molecule has 2 heterocycles. The topological polar surface area (TPSA) is 38.5 Å². The van der Waals surface area contributed by atoms with Crippen LogP contribution in [-0.2, 0) is 12.8 Å². The third-order valence-electron chi connectivity index (χ3n) is 4.63. The third-order valence-corrected chi connectivity index (χ3v) is 4.63. The van der Waals surface area contributed by atoms with Crippen LogP contribution in [0.25, 0.3) is 11.3 Å². The maximum absolute atomic E-state index is 5.72. The van der Waals surface area contributed by atoms with Crippen molar-refractivity contribution in [3.8, 4) is 17.0 Å². The number of methoxy groups -OCH3 is 1. The summed E-state index contributed by atoms with van der Waals surface area (Å²) >= 11 is 0. The van der Waals surface area contributed by atoms with Crippen LogP contribution in [0.15, 0.2) is 22.7 Å². The normalized spacial score (nSPS) is 17.3. The highest BCUT2D eigenvalue weighted by atomic mass is 16.5. The quantitative estimate of drug-likeness (QED) is 0.846. The molecule has 110 valence electrons. The Kier molecular flexibility index (Phi) is 3.09. The first kappa shape index (κ1) is 12.7. The number of ether oxygens (including phenoxy) is 1. The molecule has 1 aliphatic carbocycles. The van der Waals surface area contributed by atoms with Crippen LogP contribution in [0.2, 0.25) is 0 Å². The minimum absolute atomic E-state index is 0.879. The smallest absolute Gasteiger partial charge is 0.231 e. The summed E-state index contributed by atoms with van der Waals surface area (Å²) in [6.45, 7) is 2.18. The van der Waals surface area contributed by atoms with Crippen LogP contribution >= 0.6 is 0 Å². The summed E-state index contributed by atoms with van der Waals surface area (Å²) in [6.07, 6.45) is 5.89. The standard InChI is InChI=1S/C17H20N2O2/c1-20-13-7-5-12-6-8-14-16(15(12)11-13)18-21-17(14)19-9-3-2-4-10-19/h5,7,11H,2-4,6,8-10H2,1H3. The Labute approximate surface area is 124 Å². The van der Waals surface area contributed by atoms with E-state index in [4.69, 9.17) is 9.26 Å². The maximum atomic E-state index is 5.72. The summed E-state index contributed by atoms with van der Waals surface area (Å²) in [5.41, 5.74) is 4.79. The second-order valence-electron chi connectivity index (χ2n) is 5.89. The number of hydrogen-bond acceptors (Lipinski definition) is 4. The molecule has 1 aliphatic heterocycles. The van der Waals surface area contributed by atoms with Gasteiger partial charge >= 0.3 is 0 Å². The summed E-state index contributed by atoms with van der Waals surface area (Å²) in [7, 11) is 1.70. The Balaban J connectivity index is 1.76. The number of fused-ring (bicyclic) bond motifs is 3. The minimum Gasteiger partial charge on any atom is -0.497 e. The van der Waals surface area contributed by atoms with Crippen LogP contribution in [0.3, 0.4) is 0 Å². The van der Waals surface area contributed by atoms with Gasteiger partial charge in [0.2, 0.25) is 5.88 Å². The van der Waals surface area contributed by atoms with E-state index in [0.29, 0.717) is 0 Å². The largest absolute Gasteiger partial charge is 0.497 e. The summed E-state index contributed by atoms with van der Waals surface area (Å²) in [6, 6.07) is 6.25. The first-order valence-corrected chi connectivity index (χ1v) is 7.77. The molecule has 0 spiro atoms. The SMILES string of the molecule is COc1ccc2c(c1)-c1noc(N3CCCCC3)c1CC2. The fraction of sp³-hybridized carbons (Fsp3) is 0.471. The van der Waals surface area contributed by atoms with Crippen molar-refractivity contribution >= 4 is 5.88 Å². The zero-order chi connectivity index (χ0) is 14.2. The van der Waals surface area contributed by atoms with Crippen molar-refractivity contribution in [2.24, 2.45) is 0 Å². The fourth-order valence-electron chi connectivity index (χ4n) is 3.46. The highest BCUT2D eigenvalue weighted by molar-refractivity contribution is 5.74. The van der Waals surface area contributed by atoms with Gasteiger partial charge in [-0.25, -0.2) is 0 Å². The molecule has 0 radical (unpaired) electrons. The molecule has 0 saturated carbocycles. The second kappa shape index (κ2) is 5.10. The molecule has 0 atom stereocenters. The van der Waals surface area contributed by atoms with Gasteiger partial charge in [0.15, 0.2) is 0 Å². The predicted octanol–water partition coefficient (Wildman–Crippen LogP) is 3.44. The molecule has 1 saturated heterocycles. The molecular weight excluding hydrogens is 264 g/mol. The Bertz CT molecular complexity index is 657. The lowest BCUT2D eigenvalue weighted by Crippen LogP contribution is -2.30. The van der Waals surface area contributed by atoms with Gasteiger partial charge in [0.1, 0.15) is 11.4 Å². The number of piperidine rings is 1. The monoisotopic (exact) mass is 284 g/mol. The molecule has 4 heteroatoms. The molecule has 4 nitrogen and oxygen atoms in total. The Hall–Kier alpha value is -1.97. The second-order valence-corrected chi connectivity index (χ2v) is 5.89. The van der Waals surface area contributed by atoms with Crippen molar-refractivity contribution in [2.45, 2.75) is 32.1 Å². The number of aromatic nitrogens is 1. The number of nitrogens with zero attached hydrogens (tertiary/aromatic N) is 2. The van der Waals surface area contributed by atoms with Crippen molar-refractivity contribution in [3.05, 3.63) is 29.3 Å². The molecule has 21 heavy (non-hydrogen) atoms. The molecule has 4 rings (SSSR count). The van der Waals surface area contributed by atoms with Crippen LogP contribution in [0, 0.1) is 0 Å². The molecule has 1 fully saturated rings. The number of anilines is 1. The molecule has 2 aliphatic rings. The summed E-state index contributed by atoms with van der Waals surface area (Å²) in [4.78, 5) is 2.36. The summed E-state index contributed by atoms with van der Waals surface area (Å²) in [5, 5.41) is 4.38. The van der Waals surface area contributed by atoms with Gasteiger partial charge in [0, 0.05) is 24.2 Å². The Morgan fingerprint density at radius 1 is 1.14 bits per heavy atom. The minimum atomic E-state index is 0.879. The van der Waals surface area contributed by atoms with Gasteiger partial charge in [-0.2, -0.15) is 0 Å². The van der Waals surface area contributed by atoms with Gasteiger partial charge in [0.25, 0.3) is 0 Å². The van der Waals surface area contributed by atoms with E-state index in [1.54, 1.807) is 7.11 Å². The van der Waals surface area contributed by atoms with Crippen LogP contribution in [0.5, 0.6) is 5.75 Å². The van der Waals surface area contributed by atoms with Gasteiger partial charge in [-0.1, -0.05) is 11.2 Å². The first-order chi connectivity index (χ1) is 10.4. The Morgan fingerprint density at radius 2 is 2.00 bits per heavy atom. The lowest BCUT2D eigenvalue weighted by molar-refractivity contribution is 0.405. The average molecular weight is 284 g/mol. The van der Waals surface area contributed by atoms with E-state index < -0.39 is 0 Å². The maximum Gasteiger partial charge on any atom is 0.231 e. The van der Waals surface area contributed by atoms with Gasteiger partial charge in [-0.05, 0) is 49.8 Å². The third kappa shape index (κ3) is 2.09. The van der Waals surface area contributed by atoms with Crippen LogP contribution in [-0.4, -0.2) is 25.4 Å². The number of benzene rings is 1. The summed E-state index contributed by atoms with van der Waals surface area (Å²) in [5.74, 6) is 1.88. The van der Waals surface area contributed by atoms with E-state index in [-0.39, 0.29) is 0 Å². The number of rotatable bonds is 2. The zero-order valence-corrected chi connectivity index (χ0v) is 12.4. The van der Waals surface area contributed by atoms with Crippen molar-refractivity contribution < 1.29 is 9.26 Å². The van der Waals surface area contributed by atoms with Crippen molar-refractivity contribution in [3.63, 3.8) is 0 Å². The Morgan fingerprint density at radius 3 is 2.81 bits per heavy atom. The molecular formula is C17H20N2O2. The zero-order valence-electron chi connectivity index (χ0n) is 12.4. The van der Waals surface area contributed by atoms with E-state index in [1.807, 2.05) is 6.07 Å². The van der Waals surface area contributed by atoms with Crippen LogP contribution in [0.4, 0.5) is 5.88 Å². The molecule has 0 N–H and O–H groups in total. The lowest BCUT2D eigenvalue weighted by atomic mass is 9.89. The van der Waals surface area contributed by atoms with Crippen molar-refractivity contribution in [1.29, 1.82) is 0 Å². The lowest BCUT2D eigenvalue weighted by Gasteiger charge is -2.27. The molecule has 1 aromatic carbocycles. The highest BCUT2D eigenvalue weighted by Gasteiger charge is 2.27. The van der Waals surface area contributed by atoms with E-state index >= 15 is 0 Å².